The Balaban J connectivity index is 1.88. The van der Waals surface area contributed by atoms with Gasteiger partial charge >= 0.3 is 6.09 Å². The number of amides is 1. The van der Waals surface area contributed by atoms with Crippen molar-refractivity contribution in [2.24, 2.45) is 0 Å². The Morgan fingerprint density at radius 1 is 1.50 bits per heavy atom. The fourth-order valence-corrected chi connectivity index (χ4v) is 1.80. The Bertz CT molecular complexity index is 620. The predicted molar refractivity (Wildman–Crippen MR) is 76.4 cm³/mol. The molecule has 0 aromatic carbocycles. The van der Waals surface area contributed by atoms with Crippen LogP contribution in [0.3, 0.4) is 0 Å². The van der Waals surface area contributed by atoms with Crippen LogP contribution in [-0.2, 0) is 11.2 Å². The molecular weight excluding hydrogens is 326 g/mol. The lowest BCUT2D eigenvalue weighted by Gasteiger charge is -2.19. The number of alkyl carbamates (subject to hydrolysis) is 1. The molecule has 0 bridgehead atoms. The van der Waals surface area contributed by atoms with Crippen molar-refractivity contribution >= 4 is 27.8 Å². The molecule has 0 spiro atoms. The van der Waals surface area contributed by atoms with Gasteiger partial charge in [-0.05, 0) is 36.7 Å². The number of hydrogen-bond donors (Lipinski definition) is 1. The number of ether oxygens (including phenoxy) is 1. The number of aromatic nitrogens is 4. The van der Waals surface area contributed by atoms with Crippen molar-refractivity contribution in [3.63, 3.8) is 0 Å². The first kappa shape index (κ1) is 14.7. The zero-order valence-electron chi connectivity index (χ0n) is 11.6. The third-order valence-corrected chi connectivity index (χ3v) is 2.63. The van der Waals surface area contributed by atoms with Crippen LogP contribution in [0, 0.1) is 0 Å². The highest BCUT2D eigenvalue weighted by Crippen LogP contribution is 2.08. The zero-order chi connectivity index (χ0) is 14.8. The minimum Gasteiger partial charge on any atom is -0.444 e. The van der Waals surface area contributed by atoms with Gasteiger partial charge in [0.1, 0.15) is 5.60 Å². The average Bonchev–Trinajstić information content (AvgIpc) is 2.68. The normalized spacial score (nSPS) is 11.6. The van der Waals surface area contributed by atoms with Crippen molar-refractivity contribution in [3.8, 4) is 0 Å². The highest BCUT2D eigenvalue weighted by Gasteiger charge is 2.15. The number of carbonyl (C=O) groups is 1. The smallest absolute Gasteiger partial charge is 0.407 e. The van der Waals surface area contributed by atoms with E-state index < -0.39 is 11.7 Å². The summed E-state index contributed by atoms with van der Waals surface area (Å²) in [4.78, 5) is 19.8. The maximum Gasteiger partial charge on any atom is 0.407 e. The molecule has 0 unspecified atom stereocenters. The van der Waals surface area contributed by atoms with Crippen molar-refractivity contribution < 1.29 is 9.53 Å². The number of fused-ring (bicyclic) bond motifs is 1. The molecule has 2 aromatic heterocycles. The second-order valence-electron chi connectivity index (χ2n) is 5.22. The Kier molecular flexibility index (Phi) is 4.22. The Morgan fingerprint density at radius 2 is 2.25 bits per heavy atom. The molecule has 0 radical (unpaired) electrons. The molecule has 0 fully saturated rings. The van der Waals surface area contributed by atoms with Crippen LogP contribution in [0.5, 0.6) is 0 Å². The number of nitrogens with one attached hydrogen (secondary N) is 1. The topological polar surface area (TPSA) is 81.4 Å². The molecule has 7 nitrogen and oxygen atoms in total. The lowest BCUT2D eigenvalue weighted by atomic mass is 10.2. The van der Waals surface area contributed by atoms with Gasteiger partial charge in [-0.1, -0.05) is 0 Å². The largest absolute Gasteiger partial charge is 0.444 e. The van der Waals surface area contributed by atoms with Crippen LogP contribution < -0.4 is 5.32 Å². The first-order chi connectivity index (χ1) is 9.33. The van der Waals surface area contributed by atoms with Crippen molar-refractivity contribution in [2.45, 2.75) is 32.8 Å². The van der Waals surface area contributed by atoms with E-state index in [1.54, 1.807) is 16.9 Å². The first-order valence-corrected chi connectivity index (χ1v) is 6.96. The fraction of sp³-hybridized carbons (Fsp3) is 0.500. The summed E-state index contributed by atoms with van der Waals surface area (Å²) in [6.07, 6.45) is 3.51. The molecule has 1 N–H and O–H groups in total. The average molecular weight is 342 g/mol. The van der Waals surface area contributed by atoms with E-state index in [1.807, 2.05) is 20.8 Å². The maximum atomic E-state index is 11.5. The van der Waals surface area contributed by atoms with Crippen molar-refractivity contribution in [1.82, 2.24) is 24.9 Å². The van der Waals surface area contributed by atoms with Crippen molar-refractivity contribution in [2.75, 3.05) is 6.54 Å². The van der Waals surface area contributed by atoms with E-state index in [-0.39, 0.29) is 0 Å². The summed E-state index contributed by atoms with van der Waals surface area (Å²) in [5, 5.41) is 6.93. The van der Waals surface area contributed by atoms with Gasteiger partial charge in [0.15, 0.2) is 5.82 Å². The molecular formula is C12H16BrN5O2. The fourth-order valence-electron chi connectivity index (χ4n) is 1.50. The van der Waals surface area contributed by atoms with Crippen molar-refractivity contribution in [3.05, 3.63) is 22.7 Å². The van der Waals surface area contributed by atoms with Crippen LogP contribution in [0.4, 0.5) is 4.79 Å². The number of halogens is 1. The molecule has 8 heteroatoms. The summed E-state index contributed by atoms with van der Waals surface area (Å²) < 4.78 is 7.55. The van der Waals surface area contributed by atoms with Crippen LogP contribution in [-0.4, -0.2) is 37.8 Å². The first-order valence-electron chi connectivity index (χ1n) is 6.17. The van der Waals surface area contributed by atoms with Crippen LogP contribution in [0.15, 0.2) is 16.9 Å². The van der Waals surface area contributed by atoms with E-state index in [1.165, 1.54) is 0 Å². The van der Waals surface area contributed by atoms with E-state index in [0.29, 0.717) is 24.6 Å². The summed E-state index contributed by atoms with van der Waals surface area (Å²) in [5.41, 5.74) is -0.498. The Labute approximate surface area is 124 Å². The van der Waals surface area contributed by atoms with Gasteiger partial charge in [-0.3, -0.25) is 0 Å². The molecule has 2 aromatic rings. The molecule has 1 amide bonds. The van der Waals surface area contributed by atoms with Crippen molar-refractivity contribution in [1.29, 1.82) is 0 Å². The van der Waals surface area contributed by atoms with Crippen LogP contribution in [0.2, 0.25) is 0 Å². The molecule has 2 heterocycles. The molecule has 2 rings (SSSR count). The lowest BCUT2D eigenvalue weighted by Crippen LogP contribution is -2.33. The summed E-state index contributed by atoms with van der Waals surface area (Å²) in [7, 11) is 0. The van der Waals surface area contributed by atoms with E-state index in [2.05, 4.69) is 36.3 Å². The van der Waals surface area contributed by atoms with Crippen LogP contribution >= 0.6 is 15.9 Å². The molecule has 0 aliphatic rings. The number of carbonyl (C=O) groups excluding carboxylic acids is 1. The van der Waals surface area contributed by atoms with Gasteiger partial charge in [0.05, 0.1) is 4.47 Å². The van der Waals surface area contributed by atoms with Gasteiger partial charge in [0.25, 0.3) is 5.78 Å². The predicted octanol–water partition coefficient (Wildman–Crippen LogP) is 1.95. The Morgan fingerprint density at radius 3 is 2.95 bits per heavy atom. The number of hydrogen-bond acceptors (Lipinski definition) is 5. The van der Waals surface area contributed by atoms with E-state index in [9.17, 15) is 4.79 Å². The molecule has 0 atom stereocenters. The second kappa shape index (κ2) is 5.74. The van der Waals surface area contributed by atoms with Gasteiger partial charge in [-0.15, -0.1) is 5.10 Å². The monoisotopic (exact) mass is 341 g/mol. The van der Waals surface area contributed by atoms with E-state index in [4.69, 9.17) is 4.74 Å². The van der Waals surface area contributed by atoms with Crippen LogP contribution in [0.1, 0.15) is 26.6 Å². The maximum absolute atomic E-state index is 11.5. The molecule has 0 aliphatic heterocycles. The summed E-state index contributed by atoms with van der Waals surface area (Å²) in [5.74, 6) is 1.15. The molecule has 20 heavy (non-hydrogen) atoms. The second-order valence-corrected chi connectivity index (χ2v) is 6.14. The number of nitrogens with zero attached hydrogens (tertiary/aromatic N) is 4. The highest BCUT2D eigenvalue weighted by atomic mass is 79.9. The summed E-state index contributed by atoms with van der Waals surface area (Å²) in [6, 6.07) is 0. The minimum absolute atomic E-state index is 0.410. The third kappa shape index (κ3) is 4.16. The lowest BCUT2D eigenvalue weighted by molar-refractivity contribution is 0.0528. The quantitative estimate of drug-likeness (QED) is 0.922. The number of rotatable bonds is 3. The zero-order valence-corrected chi connectivity index (χ0v) is 13.1. The summed E-state index contributed by atoms with van der Waals surface area (Å²) in [6.45, 7) is 5.87. The van der Waals surface area contributed by atoms with Gasteiger partial charge in [0, 0.05) is 25.4 Å². The SMILES string of the molecule is CC(C)(C)OC(=O)NCCc1nc2ncc(Br)cn2n1. The van der Waals surface area contributed by atoms with Gasteiger partial charge < -0.3 is 10.1 Å². The molecule has 0 saturated carbocycles. The third-order valence-electron chi connectivity index (χ3n) is 2.22. The Hall–Kier alpha value is -1.70. The molecule has 0 aliphatic carbocycles. The van der Waals surface area contributed by atoms with E-state index in [0.717, 1.165) is 4.47 Å². The van der Waals surface area contributed by atoms with Gasteiger partial charge in [-0.25, -0.2) is 14.3 Å². The molecule has 0 saturated heterocycles. The van der Waals surface area contributed by atoms with E-state index >= 15 is 0 Å². The highest BCUT2D eigenvalue weighted by molar-refractivity contribution is 9.10. The summed E-state index contributed by atoms with van der Waals surface area (Å²) >= 11 is 3.32. The molecule has 108 valence electrons. The van der Waals surface area contributed by atoms with Gasteiger partial charge in [0.2, 0.25) is 0 Å². The minimum atomic E-state index is -0.498. The van der Waals surface area contributed by atoms with Gasteiger partial charge in [-0.2, -0.15) is 4.98 Å². The standard InChI is InChI=1S/C12H16BrN5O2/c1-12(2,3)20-11(19)14-5-4-9-16-10-15-6-8(13)7-18(10)17-9/h6-7H,4-5H2,1-3H3,(H,14,19). The van der Waals surface area contributed by atoms with Crippen LogP contribution in [0.25, 0.3) is 5.78 Å².